The molecule has 0 amide bonds. The molecule has 2 aromatic rings. The summed E-state index contributed by atoms with van der Waals surface area (Å²) in [5.41, 5.74) is 1.87. The summed E-state index contributed by atoms with van der Waals surface area (Å²) in [6.07, 6.45) is 6.81. The predicted octanol–water partition coefficient (Wildman–Crippen LogP) is 2.69. The molecule has 7 heteroatoms. The lowest BCUT2D eigenvalue weighted by molar-refractivity contribution is 0.346. The van der Waals surface area contributed by atoms with Crippen LogP contribution in [0.5, 0.6) is 0 Å². The minimum atomic E-state index is -3.39. The highest BCUT2D eigenvalue weighted by Crippen LogP contribution is 2.23. The number of benzene rings is 1. The van der Waals surface area contributed by atoms with E-state index in [4.69, 9.17) is 0 Å². The molecule has 24 heavy (non-hydrogen) atoms. The molecular formula is C17H24N4O2S. The van der Waals surface area contributed by atoms with Crippen molar-refractivity contribution in [3.05, 3.63) is 42.2 Å². The average molecular weight is 348 g/mol. The minimum absolute atomic E-state index is 0.360. The third kappa shape index (κ3) is 3.79. The summed E-state index contributed by atoms with van der Waals surface area (Å²) in [4.78, 5) is 0.360. The van der Waals surface area contributed by atoms with E-state index in [1.54, 1.807) is 22.5 Å². The second kappa shape index (κ2) is 7.36. The van der Waals surface area contributed by atoms with E-state index in [2.05, 4.69) is 10.4 Å². The van der Waals surface area contributed by atoms with Crippen molar-refractivity contribution in [1.82, 2.24) is 14.1 Å². The summed E-state index contributed by atoms with van der Waals surface area (Å²) in [5, 5.41) is 7.52. The Hall–Kier alpha value is -1.86. The third-order valence-corrected chi connectivity index (χ3v) is 6.19. The van der Waals surface area contributed by atoms with E-state index in [1.807, 2.05) is 30.1 Å². The molecule has 0 saturated carbocycles. The quantitative estimate of drug-likeness (QED) is 0.871. The van der Waals surface area contributed by atoms with Gasteiger partial charge in [-0.3, -0.25) is 4.68 Å². The molecule has 1 aromatic heterocycles. The van der Waals surface area contributed by atoms with Crippen LogP contribution in [-0.2, 0) is 23.1 Å². The van der Waals surface area contributed by atoms with Gasteiger partial charge in [0, 0.05) is 43.6 Å². The van der Waals surface area contributed by atoms with Gasteiger partial charge in [-0.2, -0.15) is 9.40 Å². The van der Waals surface area contributed by atoms with E-state index in [-0.39, 0.29) is 0 Å². The van der Waals surface area contributed by atoms with Crippen LogP contribution < -0.4 is 5.32 Å². The van der Waals surface area contributed by atoms with Crippen LogP contribution in [0, 0.1) is 0 Å². The van der Waals surface area contributed by atoms with Crippen molar-refractivity contribution >= 4 is 15.7 Å². The Balaban J connectivity index is 1.71. The van der Waals surface area contributed by atoms with Crippen LogP contribution in [0.2, 0.25) is 0 Å². The number of hydrogen-bond donors (Lipinski definition) is 1. The van der Waals surface area contributed by atoms with Gasteiger partial charge in [-0.1, -0.05) is 12.5 Å². The average Bonchev–Trinajstić information content (AvgIpc) is 3.09. The van der Waals surface area contributed by atoms with Crippen LogP contribution in [0.3, 0.4) is 0 Å². The lowest BCUT2D eigenvalue weighted by Gasteiger charge is -2.26. The van der Waals surface area contributed by atoms with Gasteiger partial charge in [0.15, 0.2) is 0 Å². The lowest BCUT2D eigenvalue weighted by atomic mass is 10.2. The zero-order valence-corrected chi connectivity index (χ0v) is 14.8. The van der Waals surface area contributed by atoms with Crippen molar-refractivity contribution in [2.75, 3.05) is 18.4 Å². The molecule has 130 valence electrons. The summed E-state index contributed by atoms with van der Waals surface area (Å²) < 4.78 is 28.9. The Morgan fingerprint density at radius 3 is 2.71 bits per heavy atom. The molecule has 3 rings (SSSR count). The molecule has 1 fully saturated rings. The van der Waals surface area contributed by atoms with Crippen molar-refractivity contribution in [1.29, 1.82) is 0 Å². The van der Waals surface area contributed by atoms with Crippen LogP contribution in [0.1, 0.15) is 31.7 Å². The highest BCUT2D eigenvalue weighted by atomic mass is 32.2. The van der Waals surface area contributed by atoms with Gasteiger partial charge in [0.2, 0.25) is 10.0 Å². The third-order valence-electron chi connectivity index (χ3n) is 4.29. The summed E-state index contributed by atoms with van der Waals surface area (Å²) >= 11 is 0. The highest BCUT2D eigenvalue weighted by molar-refractivity contribution is 7.89. The Morgan fingerprint density at radius 2 is 2.00 bits per heavy atom. The molecule has 1 aliphatic heterocycles. The first-order chi connectivity index (χ1) is 11.6. The van der Waals surface area contributed by atoms with Gasteiger partial charge < -0.3 is 5.32 Å². The number of aromatic nitrogens is 2. The molecule has 0 aliphatic carbocycles. The summed E-state index contributed by atoms with van der Waals surface area (Å²) in [6.45, 7) is 4.74. The van der Waals surface area contributed by atoms with Crippen molar-refractivity contribution in [3.8, 4) is 0 Å². The van der Waals surface area contributed by atoms with E-state index in [1.165, 1.54) is 0 Å². The zero-order valence-electron chi connectivity index (χ0n) is 14.0. The maximum absolute atomic E-state index is 12.7. The second-order valence-corrected chi connectivity index (χ2v) is 7.99. The largest absolute Gasteiger partial charge is 0.381 e. The first kappa shape index (κ1) is 17.0. The van der Waals surface area contributed by atoms with Crippen LogP contribution in [0.25, 0.3) is 0 Å². The van der Waals surface area contributed by atoms with Crippen molar-refractivity contribution in [2.45, 2.75) is 44.2 Å². The molecule has 1 aliphatic rings. The fraction of sp³-hybridized carbons (Fsp3) is 0.471. The predicted molar refractivity (Wildman–Crippen MR) is 94.3 cm³/mol. The number of anilines is 1. The molecule has 0 bridgehead atoms. The van der Waals surface area contributed by atoms with Crippen LogP contribution in [0.4, 0.5) is 5.69 Å². The number of aryl methyl sites for hydroxylation is 1. The van der Waals surface area contributed by atoms with Gasteiger partial charge in [0.25, 0.3) is 0 Å². The molecule has 0 atom stereocenters. The van der Waals surface area contributed by atoms with Crippen molar-refractivity contribution < 1.29 is 8.42 Å². The smallest absolute Gasteiger partial charge is 0.243 e. The first-order valence-electron chi connectivity index (χ1n) is 8.45. The SMILES string of the molecule is CCn1cc(CNc2cccc(S(=O)(=O)N3CCCCC3)c2)cn1. The topological polar surface area (TPSA) is 67.2 Å². The number of piperidine rings is 1. The lowest BCUT2D eigenvalue weighted by Crippen LogP contribution is -2.35. The number of rotatable bonds is 6. The fourth-order valence-electron chi connectivity index (χ4n) is 2.90. The van der Waals surface area contributed by atoms with Crippen molar-refractivity contribution in [2.24, 2.45) is 0 Å². The van der Waals surface area contributed by atoms with Gasteiger partial charge in [0.05, 0.1) is 11.1 Å². The van der Waals surface area contributed by atoms with E-state index in [9.17, 15) is 8.42 Å². The molecule has 1 N–H and O–H groups in total. The van der Waals surface area contributed by atoms with Crippen LogP contribution in [0.15, 0.2) is 41.6 Å². The van der Waals surface area contributed by atoms with Gasteiger partial charge in [-0.05, 0) is 38.0 Å². The molecule has 1 aromatic carbocycles. The monoisotopic (exact) mass is 348 g/mol. The Kier molecular flexibility index (Phi) is 5.20. The van der Waals surface area contributed by atoms with Crippen LogP contribution >= 0.6 is 0 Å². The number of nitrogens with one attached hydrogen (secondary N) is 1. The number of sulfonamides is 1. The highest BCUT2D eigenvalue weighted by Gasteiger charge is 2.25. The van der Waals surface area contributed by atoms with E-state index >= 15 is 0 Å². The molecule has 0 unspecified atom stereocenters. The Labute approximate surface area is 143 Å². The Morgan fingerprint density at radius 1 is 1.21 bits per heavy atom. The van der Waals surface area contributed by atoms with Gasteiger partial charge >= 0.3 is 0 Å². The van der Waals surface area contributed by atoms with E-state index in [0.717, 1.165) is 37.1 Å². The maximum atomic E-state index is 12.7. The second-order valence-electron chi connectivity index (χ2n) is 6.05. The fourth-order valence-corrected chi connectivity index (χ4v) is 4.46. The minimum Gasteiger partial charge on any atom is -0.381 e. The molecule has 0 spiro atoms. The van der Waals surface area contributed by atoms with Gasteiger partial charge in [0.1, 0.15) is 0 Å². The summed E-state index contributed by atoms with van der Waals surface area (Å²) in [7, 11) is -3.39. The van der Waals surface area contributed by atoms with E-state index in [0.29, 0.717) is 24.5 Å². The number of hydrogen-bond acceptors (Lipinski definition) is 4. The van der Waals surface area contributed by atoms with Gasteiger partial charge in [-0.15, -0.1) is 0 Å². The summed E-state index contributed by atoms with van der Waals surface area (Å²) in [6, 6.07) is 7.06. The van der Waals surface area contributed by atoms with Gasteiger partial charge in [-0.25, -0.2) is 8.42 Å². The maximum Gasteiger partial charge on any atom is 0.243 e. The van der Waals surface area contributed by atoms with Crippen LogP contribution in [-0.4, -0.2) is 35.6 Å². The molecule has 0 radical (unpaired) electrons. The molecule has 6 nitrogen and oxygen atoms in total. The van der Waals surface area contributed by atoms with E-state index < -0.39 is 10.0 Å². The normalized spacial score (nSPS) is 16.2. The molecule has 1 saturated heterocycles. The molecular weight excluding hydrogens is 324 g/mol. The summed E-state index contributed by atoms with van der Waals surface area (Å²) in [5.74, 6) is 0. The first-order valence-corrected chi connectivity index (χ1v) is 9.89. The molecule has 2 heterocycles. The van der Waals surface area contributed by atoms with Crippen molar-refractivity contribution in [3.63, 3.8) is 0 Å². The number of nitrogens with zero attached hydrogens (tertiary/aromatic N) is 3. The Bertz CT molecular complexity index is 779. The standard InChI is InChI=1S/C17H24N4O2S/c1-2-20-14-15(13-19-20)12-18-16-7-6-8-17(11-16)24(22,23)21-9-4-3-5-10-21/h6-8,11,13-14,18H,2-5,9-10,12H2,1H3. The zero-order chi connectivity index (χ0) is 17.0.